The summed E-state index contributed by atoms with van der Waals surface area (Å²) in [4.78, 5) is 14.3. The van der Waals surface area contributed by atoms with E-state index in [1.807, 2.05) is 37.3 Å². The van der Waals surface area contributed by atoms with Gasteiger partial charge >= 0.3 is 24.8 Å². The maximum Gasteiger partial charge on any atom is 1.00 e. The standard InChI is InChI=1S/C11H11N3O2.Li.H/c1-8(9-5-3-2-4-6-9)14-7-12-10(13-14)11(15)16;;/h2-8H,1H3,(H,15,16);;/q;+1;-1. The molecule has 1 unspecified atom stereocenters. The topological polar surface area (TPSA) is 68.0 Å². The van der Waals surface area contributed by atoms with Crippen molar-refractivity contribution in [2.24, 2.45) is 0 Å². The van der Waals surface area contributed by atoms with Crippen molar-refractivity contribution >= 4 is 5.97 Å². The third kappa shape index (κ3) is 2.96. The number of carboxylic acid groups (broad SMARTS) is 1. The van der Waals surface area contributed by atoms with Crippen LogP contribution in [0.3, 0.4) is 0 Å². The van der Waals surface area contributed by atoms with E-state index in [2.05, 4.69) is 10.1 Å². The number of nitrogens with zero attached hydrogens (tertiary/aromatic N) is 3. The van der Waals surface area contributed by atoms with Crippen molar-refractivity contribution < 1.29 is 30.2 Å². The van der Waals surface area contributed by atoms with Gasteiger partial charge in [-0.05, 0) is 12.5 Å². The van der Waals surface area contributed by atoms with Crippen LogP contribution < -0.4 is 18.9 Å². The van der Waals surface area contributed by atoms with Crippen LogP contribution in [0.15, 0.2) is 36.7 Å². The summed E-state index contributed by atoms with van der Waals surface area (Å²) in [7, 11) is 0. The van der Waals surface area contributed by atoms with E-state index in [0.717, 1.165) is 5.56 Å². The van der Waals surface area contributed by atoms with Crippen LogP contribution in [0.2, 0.25) is 0 Å². The van der Waals surface area contributed by atoms with Crippen LogP contribution in [0.5, 0.6) is 0 Å². The first-order chi connectivity index (χ1) is 7.68. The van der Waals surface area contributed by atoms with E-state index in [1.165, 1.54) is 6.33 Å². The first-order valence-electron chi connectivity index (χ1n) is 4.88. The molecule has 5 nitrogen and oxygen atoms in total. The zero-order valence-corrected chi connectivity index (χ0v) is 9.74. The van der Waals surface area contributed by atoms with Crippen LogP contribution in [0.4, 0.5) is 0 Å². The normalized spacial score (nSPS) is 11.6. The van der Waals surface area contributed by atoms with Crippen molar-refractivity contribution in [3.8, 4) is 0 Å². The maximum atomic E-state index is 10.6. The van der Waals surface area contributed by atoms with Crippen molar-refractivity contribution in [2.45, 2.75) is 13.0 Å². The molecule has 2 rings (SSSR count). The minimum Gasteiger partial charge on any atom is -1.00 e. The van der Waals surface area contributed by atoms with Crippen LogP contribution >= 0.6 is 0 Å². The van der Waals surface area contributed by atoms with E-state index in [9.17, 15) is 4.79 Å². The molecule has 0 amide bonds. The molecule has 1 N–H and O–H groups in total. The Balaban J connectivity index is 0.00000144. The molecule has 0 saturated carbocycles. The van der Waals surface area contributed by atoms with Gasteiger partial charge in [-0.2, -0.15) is 0 Å². The summed E-state index contributed by atoms with van der Waals surface area (Å²) in [6, 6.07) is 9.70. The third-order valence-corrected chi connectivity index (χ3v) is 2.38. The number of rotatable bonds is 3. The molecule has 84 valence electrons. The fraction of sp³-hybridized carbons (Fsp3) is 0.182. The second-order valence-corrected chi connectivity index (χ2v) is 3.44. The number of hydrogen-bond donors (Lipinski definition) is 1. The van der Waals surface area contributed by atoms with E-state index < -0.39 is 5.97 Å². The molecule has 0 aliphatic rings. The first kappa shape index (κ1) is 13.5. The van der Waals surface area contributed by atoms with E-state index in [-0.39, 0.29) is 32.2 Å². The Bertz CT molecular complexity index is 504. The van der Waals surface area contributed by atoms with Gasteiger partial charge in [0.15, 0.2) is 0 Å². The molecule has 1 atom stereocenters. The largest absolute Gasteiger partial charge is 1.00 e. The predicted molar refractivity (Wildman–Crippen MR) is 58.3 cm³/mol. The van der Waals surface area contributed by atoms with Crippen molar-refractivity contribution in [3.05, 3.63) is 48.0 Å². The van der Waals surface area contributed by atoms with Crippen LogP contribution in [0.1, 0.15) is 30.6 Å². The average Bonchev–Trinajstić information content (AvgIpc) is 2.78. The summed E-state index contributed by atoms with van der Waals surface area (Å²) in [5.74, 6) is -1.29. The molecule has 2 aromatic rings. The summed E-state index contributed by atoms with van der Waals surface area (Å²) in [5, 5.41) is 12.6. The minimum atomic E-state index is -1.11. The zero-order valence-electron chi connectivity index (χ0n) is 10.7. The molecule has 1 heterocycles. The molecule has 0 saturated heterocycles. The second kappa shape index (κ2) is 5.67. The van der Waals surface area contributed by atoms with Gasteiger partial charge in [0.05, 0.1) is 6.04 Å². The van der Waals surface area contributed by atoms with Gasteiger partial charge in [-0.1, -0.05) is 30.3 Å². The minimum absolute atomic E-state index is 0. The summed E-state index contributed by atoms with van der Waals surface area (Å²) < 4.78 is 1.54. The molecule has 0 spiro atoms. The number of benzene rings is 1. The van der Waals surface area contributed by atoms with E-state index in [0.29, 0.717) is 0 Å². The Morgan fingerprint density at radius 1 is 1.41 bits per heavy atom. The van der Waals surface area contributed by atoms with Gasteiger partial charge in [0.25, 0.3) is 5.82 Å². The number of carboxylic acids is 1. The molecule has 6 heteroatoms. The fourth-order valence-corrected chi connectivity index (χ4v) is 1.44. The Morgan fingerprint density at radius 3 is 2.59 bits per heavy atom. The number of aromatic carboxylic acids is 1. The summed E-state index contributed by atoms with van der Waals surface area (Å²) >= 11 is 0. The second-order valence-electron chi connectivity index (χ2n) is 3.44. The summed E-state index contributed by atoms with van der Waals surface area (Å²) in [6.07, 6.45) is 1.43. The van der Waals surface area contributed by atoms with Crippen molar-refractivity contribution in [3.63, 3.8) is 0 Å². The summed E-state index contributed by atoms with van der Waals surface area (Å²) in [5.41, 5.74) is 1.06. The Morgan fingerprint density at radius 2 is 2.06 bits per heavy atom. The van der Waals surface area contributed by atoms with Gasteiger partial charge in [-0.25, -0.2) is 14.5 Å². The van der Waals surface area contributed by atoms with Gasteiger partial charge < -0.3 is 6.53 Å². The molecular weight excluding hydrogens is 213 g/mol. The first-order valence-corrected chi connectivity index (χ1v) is 4.88. The van der Waals surface area contributed by atoms with E-state index >= 15 is 0 Å². The third-order valence-electron chi connectivity index (χ3n) is 2.38. The van der Waals surface area contributed by atoms with Gasteiger partial charge in [0.2, 0.25) is 0 Å². The zero-order chi connectivity index (χ0) is 11.5. The van der Waals surface area contributed by atoms with Gasteiger partial charge in [-0.15, -0.1) is 5.10 Å². The predicted octanol–water partition coefficient (Wildman–Crippen LogP) is -1.30. The van der Waals surface area contributed by atoms with Crippen LogP contribution in [-0.2, 0) is 0 Å². The Hall–Kier alpha value is -1.57. The maximum absolute atomic E-state index is 10.6. The van der Waals surface area contributed by atoms with Crippen LogP contribution in [-0.4, -0.2) is 25.8 Å². The molecule has 17 heavy (non-hydrogen) atoms. The van der Waals surface area contributed by atoms with Gasteiger partial charge in [0.1, 0.15) is 6.33 Å². The number of aromatic nitrogens is 3. The molecule has 0 aliphatic heterocycles. The Kier molecular flexibility index (Phi) is 4.50. The molecule has 1 aromatic carbocycles. The quantitative estimate of drug-likeness (QED) is 0.659. The smallest absolute Gasteiger partial charge is 1.00 e. The number of carbonyl (C=O) groups is 1. The Labute approximate surface area is 112 Å². The average molecular weight is 225 g/mol. The van der Waals surface area contributed by atoms with Crippen LogP contribution in [0, 0.1) is 0 Å². The van der Waals surface area contributed by atoms with Gasteiger partial charge in [-0.3, -0.25) is 0 Å². The fourth-order valence-electron chi connectivity index (χ4n) is 1.44. The van der Waals surface area contributed by atoms with Crippen molar-refractivity contribution in [2.75, 3.05) is 0 Å². The van der Waals surface area contributed by atoms with Crippen molar-refractivity contribution in [1.29, 1.82) is 0 Å². The van der Waals surface area contributed by atoms with E-state index in [4.69, 9.17) is 5.11 Å². The summed E-state index contributed by atoms with van der Waals surface area (Å²) in [6.45, 7) is 1.94. The van der Waals surface area contributed by atoms with Crippen molar-refractivity contribution in [1.82, 2.24) is 14.8 Å². The molecular formula is C11H12LiN3O2. The molecule has 0 aliphatic carbocycles. The molecule has 0 bridgehead atoms. The molecule has 0 radical (unpaired) electrons. The monoisotopic (exact) mass is 225 g/mol. The SMILES string of the molecule is CC(c1ccccc1)n1cnc(C(=O)O)n1.[H-].[Li+]. The molecule has 1 aromatic heterocycles. The van der Waals surface area contributed by atoms with Crippen LogP contribution in [0.25, 0.3) is 0 Å². The van der Waals surface area contributed by atoms with E-state index in [1.54, 1.807) is 4.68 Å². The molecule has 0 fully saturated rings. The van der Waals surface area contributed by atoms with Gasteiger partial charge in [0, 0.05) is 0 Å². The number of hydrogen-bond acceptors (Lipinski definition) is 3.